The van der Waals surface area contributed by atoms with Gasteiger partial charge in [-0.3, -0.25) is 9.59 Å². The normalized spacial score (nSPS) is 12.1. The molecule has 0 aliphatic carbocycles. The monoisotopic (exact) mass is 483 g/mol. The number of benzene rings is 3. The molecule has 0 aliphatic heterocycles. The number of likely N-dealkylation sites (N-methyl/N-ethyl adjacent to an activating group) is 1. The van der Waals surface area contributed by atoms with Gasteiger partial charge in [-0.2, -0.15) is 4.72 Å². The second-order valence-corrected chi connectivity index (χ2v) is 9.45. The molecular weight excluding hydrogens is 457 g/mol. The summed E-state index contributed by atoms with van der Waals surface area (Å²) in [5, 5.41) is 2.54. The number of hydrogen-bond acceptors (Lipinski definition) is 4. The average molecular weight is 484 g/mol. The highest BCUT2D eigenvalue weighted by Crippen LogP contribution is 2.16. The number of halogens is 1. The van der Waals surface area contributed by atoms with Crippen LogP contribution in [0.25, 0.3) is 0 Å². The van der Waals surface area contributed by atoms with Crippen LogP contribution in [-0.2, 0) is 27.8 Å². The Morgan fingerprint density at radius 2 is 1.53 bits per heavy atom. The van der Waals surface area contributed by atoms with Gasteiger partial charge < -0.3 is 10.2 Å². The van der Waals surface area contributed by atoms with Crippen molar-refractivity contribution in [3.8, 4) is 0 Å². The van der Waals surface area contributed by atoms with Crippen LogP contribution in [0.3, 0.4) is 0 Å². The molecule has 0 spiro atoms. The Hall–Kier alpha value is -3.56. The van der Waals surface area contributed by atoms with Gasteiger partial charge in [0.2, 0.25) is 15.9 Å². The molecular formula is C25H26FN3O4S. The van der Waals surface area contributed by atoms with Gasteiger partial charge in [-0.1, -0.05) is 54.6 Å². The second kappa shape index (κ2) is 11.0. The number of amides is 2. The van der Waals surface area contributed by atoms with Gasteiger partial charge in [0.1, 0.15) is 16.8 Å². The van der Waals surface area contributed by atoms with E-state index in [0.717, 1.165) is 23.3 Å². The maximum absolute atomic E-state index is 14.2. The summed E-state index contributed by atoms with van der Waals surface area (Å²) in [4.78, 5) is 25.9. The van der Waals surface area contributed by atoms with Gasteiger partial charge in [0.05, 0.1) is 0 Å². The number of nitrogens with one attached hydrogen (secondary N) is 2. The number of rotatable bonds is 9. The zero-order chi connectivity index (χ0) is 24.7. The summed E-state index contributed by atoms with van der Waals surface area (Å²) < 4.78 is 42.4. The lowest BCUT2D eigenvalue weighted by Crippen LogP contribution is -2.48. The van der Waals surface area contributed by atoms with E-state index in [1.165, 1.54) is 24.1 Å². The topological polar surface area (TPSA) is 95.6 Å². The molecule has 2 amide bonds. The Labute approximate surface area is 198 Å². The van der Waals surface area contributed by atoms with Gasteiger partial charge in [-0.25, -0.2) is 12.8 Å². The van der Waals surface area contributed by atoms with E-state index in [-0.39, 0.29) is 18.9 Å². The molecule has 0 heterocycles. The van der Waals surface area contributed by atoms with Crippen LogP contribution in [0.15, 0.2) is 83.8 Å². The minimum Gasteiger partial charge on any atom is -0.355 e. The zero-order valence-electron chi connectivity index (χ0n) is 18.9. The molecule has 2 N–H and O–H groups in total. The molecule has 0 saturated heterocycles. The Kier molecular flexibility index (Phi) is 8.14. The van der Waals surface area contributed by atoms with E-state index in [1.54, 1.807) is 55.6 Å². The van der Waals surface area contributed by atoms with Crippen molar-refractivity contribution in [2.75, 3.05) is 14.1 Å². The Morgan fingerprint density at radius 1 is 0.912 bits per heavy atom. The van der Waals surface area contributed by atoms with Gasteiger partial charge >= 0.3 is 0 Å². The summed E-state index contributed by atoms with van der Waals surface area (Å²) in [6.07, 6.45) is 0.0906. The summed E-state index contributed by atoms with van der Waals surface area (Å²) in [5.74, 6) is -1.59. The fourth-order valence-electron chi connectivity index (χ4n) is 3.47. The SMILES string of the molecule is CNC(=O)c1ccc(CN(C)C(=O)C(Cc2ccccc2)NS(=O)(=O)c2ccccc2F)cc1. The van der Waals surface area contributed by atoms with Crippen LogP contribution >= 0.6 is 0 Å². The number of nitrogens with zero attached hydrogens (tertiary/aromatic N) is 1. The van der Waals surface area contributed by atoms with Crippen molar-refractivity contribution in [2.45, 2.75) is 23.9 Å². The zero-order valence-corrected chi connectivity index (χ0v) is 19.7. The number of carbonyl (C=O) groups is 2. The quantitative estimate of drug-likeness (QED) is 0.489. The van der Waals surface area contributed by atoms with Crippen LogP contribution in [-0.4, -0.2) is 45.3 Å². The third-order valence-corrected chi connectivity index (χ3v) is 6.75. The Balaban J connectivity index is 1.82. The molecule has 0 saturated carbocycles. The molecule has 9 heteroatoms. The summed E-state index contributed by atoms with van der Waals surface area (Å²) in [6.45, 7) is 0.194. The molecule has 0 aromatic heterocycles. The molecule has 1 atom stereocenters. The van der Waals surface area contributed by atoms with Crippen molar-refractivity contribution in [3.63, 3.8) is 0 Å². The van der Waals surface area contributed by atoms with Crippen molar-refractivity contribution in [1.82, 2.24) is 14.9 Å². The molecule has 0 bridgehead atoms. The summed E-state index contributed by atoms with van der Waals surface area (Å²) in [5.41, 5.74) is 2.00. The van der Waals surface area contributed by atoms with E-state index in [1.807, 2.05) is 6.07 Å². The number of carbonyl (C=O) groups excluding carboxylic acids is 2. The van der Waals surface area contributed by atoms with E-state index in [0.29, 0.717) is 5.56 Å². The third kappa shape index (κ3) is 6.27. The van der Waals surface area contributed by atoms with Crippen LogP contribution in [0.5, 0.6) is 0 Å². The van der Waals surface area contributed by atoms with Crippen molar-refractivity contribution >= 4 is 21.8 Å². The van der Waals surface area contributed by atoms with Gasteiger partial charge in [0, 0.05) is 26.2 Å². The summed E-state index contributed by atoms with van der Waals surface area (Å²) >= 11 is 0. The summed E-state index contributed by atoms with van der Waals surface area (Å²) in [7, 11) is -1.20. The second-order valence-electron chi connectivity index (χ2n) is 7.76. The van der Waals surface area contributed by atoms with Crippen molar-refractivity contribution in [2.24, 2.45) is 0 Å². The van der Waals surface area contributed by atoms with Crippen LogP contribution < -0.4 is 10.0 Å². The third-order valence-electron chi connectivity index (χ3n) is 5.24. The van der Waals surface area contributed by atoms with Gasteiger partial charge in [0.15, 0.2) is 0 Å². The summed E-state index contributed by atoms with van der Waals surface area (Å²) in [6, 6.07) is 19.6. The first-order valence-electron chi connectivity index (χ1n) is 10.6. The standard InChI is InChI=1S/C25H26FN3O4S/c1-27-24(30)20-14-12-19(13-15-20)17-29(2)25(31)22(16-18-8-4-3-5-9-18)28-34(32,33)23-11-7-6-10-21(23)26/h3-15,22,28H,16-17H2,1-2H3,(H,27,30). The highest BCUT2D eigenvalue weighted by atomic mass is 32.2. The minimum absolute atomic E-state index is 0.0906. The van der Waals surface area contributed by atoms with Crippen LogP contribution in [0.2, 0.25) is 0 Å². The van der Waals surface area contributed by atoms with Gasteiger partial charge in [-0.15, -0.1) is 0 Å². The first kappa shape index (κ1) is 25.1. The molecule has 0 radical (unpaired) electrons. The lowest BCUT2D eigenvalue weighted by atomic mass is 10.1. The van der Waals surface area contributed by atoms with E-state index < -0.39 is 32.7 Å². The van der Waals surface area contributed by atoms with E-state index in [2.05, 4.69) is 10.0 Å². The molecule has 178 valence electrons. The number of hydrogen-bond donors (Lipinski definition) is 2. The molecule has 0 fully saturated rings. The van der Waals surface area contributed by atoms with Crippen molar-refractivity contribution in [3.05, 3.63) is 101 Å². The first-order chi connectivity index (χ1) is 16.2. The minimum atomic E-state index is -4.30. The predicted octanol–water partition coefficient (Wildman–Crippen LogP) is 2.73. The molecule has 1 unspecified atom stereocenters. The number of sulfonamides is 1. The maximum Gasteiger partial charge on any atom is 0.251 e. The van der Waals surface area contributed by atoms with E-state index in [4.69, 9.17) is 0 Å². The largest absolute Gasteiger partial charge is 0.355 e. The molecule has 3 rings (SSSR count). The first-order valence-corrected chi connectivity index (χ1v) is 12.1. The fourth-order valence-corrected chi connectivity index (χ4v) is 4.73. The molecule has 3 aromatic rings. The Morgan fingerprint density at radius 3 is 2.15 bits per heavy atom. The lowest BCUT2D eigenvalue weighted by Gasteiger charge is -2.25. The van der Waals surface area contributed by atoms with Gasteiger partial charge in [-0.05, 0) is 41.8 Å². The van der Waals surface area contributed by atoms with E-state index in [9.17, 15) is 22.4 Å². The van der Waals surface area contributed by atoms with Crippen molar-refractivity contribution < 1.29 is 22.4 Å². The predicted molar refractivity (Wildman–Crippen MR) is 127 cm³/mol. The highest BCUT2D eigenvalue weighted by molar-refractivity contribution is 7.89. The highest BCUT2D eigenvalue weighted by Gasteiger charge is 2.29. The van der Waals surface area contributed by atoms with E-state index >= 15 is 0 Å². The smallest absolute Gasteiger partial charge is 0.251 e. The fraction of sp³-hybridized carbons (Fsp3) is 0.200. The van der Waals surface area contributed by atoms with Crippen LogP contribution in [0, 0.1) is 5.82 Å². The van der Waals surface area contributed by atoms with Gasteiger partial charge in [0.25, 0.3) is 5.91 Å². The average Bonchev–Trinajstić information content (AvgIpc) is 2.83. The van der Waals surface area contributed by atoms with Crippen molar-refractivity contribution in [1.29, 1.82) is 0 Å². The van der Waals surface area contributed by atoms with Crippen LogP contribution in [0.1, 0.15) is 21.5 Å². The maximum atomic E-state index is 14.2. The Bertz CT molecular complexity index is 1250. The molecule has 7 nitrogen and oxygen atoms in total. The lowest BCUT2D eigenvalue weighted by molar-refractivity contribution is -0.132. The molecule has 34 heavy (non-hydrogen) atoms. The molecule has 0 aliphatic rings. The molecule has 3 aromatic carbocycles. The van der Waals surface area contributed by atoms with Crippen LogP contribution in [0.4, 0.5) is 4.39 Å².